The molecule has 33 heavy (non-hydrogen) atoms. The smallest absolute Gasteiger partial charge is 0.465 e. The number of carbonyl (C=O) groups is 3. The van der Waals surface area contributed by atoms with Gasteiger partial charge in [-0.15, -0.1) is 0 Å². The first kappa shape index (κ1) is 24.7. The summed E-state index contributed by atoms with van der Waals surface area (Å²) in [5, 5.41) is 2.80. The summed E-state index contributed by atoms with van der Waals surface area (Å²) in [5.41, 5.74) is 0.539. The summed E-state index contributed by atoms with van der Waals surface area (Å²) < 4.78 is 16.1. The number of hydrogen-bond donors (Lipinski definition) is 1. The molecule has 3 rings (SSSR count). The van der Waals surface area contributed by atoms with Crippen LogP contribution in [0.2, 0.25) is 0 Å². The van der Waals surface area contributed by atoms with E-state index in [1.807, 2.05) is 6.92 Å². The van der Waals surface area contributed by atoms with E-state index in [2.05, 4.69) is 10.3 Å². The van der Waals surface area contributed by atoms with E-state index in [1.165, 1.54) is 19.3 Å². The highest BCUT2D eigenvalue weighted by atomic mass is 16.7. The Hall–Kier alpha value is -2.90. The fraction of sp³-hybridized carbons (Fsp3) is 0.600. The lowest BCUT2D eigenvalue weighted by Crippen LogP contribution is -2.45. The van der Waals surface area contributed by atoms with Crippen LogP contribution in [0.4, 0.5) is 9.59 Å². The Balaban J connectivity index is 1.73. The highest BCUT2D eigenvalue weighted by Gasteiger charge is 2.39. The number of benzene rings is 1. The molecule has 1 saturated carbocycles. The van der Waals surface area contributed by atoms with Crippen LogP contribution in [0.5, 0.6) is 5.75 Å². The zero-order valence-corrected chi connectivity index (χ0v) is 19.9. The highest BCUT2D eigenvalue weighted by Crippen LogP contribution is 2.31. The largest absolute Gasteiger partial charge is 0.514 e. The van der Waals surface area contributed by atoms with Crippen LogP contribution >= 0.6 is 0 Å². The van der Waals surface area contributed by atoms with Crippen molar-refractivity contribution in [3.8, 4) is 5.75 Å². The van der Waals surface area contributed by atoms with Crippen LogP contribution in [0.3, 0.4) is 0 Å². The van der Waals surface area contributed by atoms with Gasteiger partial charge in [0.05, 0.1) is 12.6 Å². The second-order valence-corrected chi connectivity index (χ2v) is 9.63. The van der Waals surface area contributed by atoms with Crippen LogP contribution in [0.1, 0.15) is 77.8 Å². The highest BCUT2D eigenvalue weighted by molar-refractivity contribution is 6.09. The van der Waals surface area contributed by atoms with Crippen molar-refractivity contribution >= 4 is 23.9 Å². The van der Waals surface area contributed by atoms with E-state index in [4.69, 9.17) is 14.2 Å². The van der Waals surface area contributed by atoms with Gasteiger partial charge in [-0.2, -0.15) is 0 Å². The fourth-order valence-corrected chi connectivity index (χ4v) is 4.24. The van der Waals surface area contributed by atoms with Crippen molar-refractivity contribution in [3.63, 3.8) is 0 Å². The number of urea groups is 1. The second kappa shape index (κ2) is 10.8. The maximum Gasteiger partial charge on any atom is 0.514 e. The van der Waals surface area contributed by atoms with Crippen LogP contribution in [0.15, 0.2) is 29.3 Å². The zero-order chi connectivity index (χ0) is 24.0. The lowest BCUT2D eigenvalue weighted by atomic mass is 9.86. The van der Waals surface area contributed by atoms with Crippen molar-refractivity contribution < 1.29 is 28.6 Å². The van der Waals surface area contributed by atoms with Crippen LogP contribution in [0, 0.1) is 11.8 Å². The Morgan fingerprint density at radius 2 is 1.76 bits per heavy atom. The first-order chi connectivity index (χ1) is 15.7. The summed E-state index contributed by atoms with van der Waals surface area (Å²) in [4.78, 5) is 41.3. The Kier molecular flexibility index (Phi) is 8.10. The Labute approximate surface area is 195 Å². The van der Waals surface area contributed by atoms with Crippen molar-refractivity contribution in [2.75, 3.05) is 6.61 Å². The van der Waals surface area contributed by atoms with Crippen LogP contribution in [-0.2, 0) is 14.3 Å². The lowest BCUT2D eigenvalue weighted by Gasteiger charge is -2.31. The van der Waals surface area contributed by atoms with Gasteiger partial charge in [-0.25, -0.2) is 14.6 Å². The van der Waals surface area contributed by atoms with Crippen molar-refractivity contribution in [2.45, 2.75) is 77.9 Å². The SMILES string of the molecule is CCC1=NC(=O)NC(c2ccc(OC(=O)OC(C)(C)C)cc2)C1C(=O)OCC1CCCCC1. The monoisotopic (exact) mass is 458 g/mol. The third kappa shape index (κ3) is 7.04. The van der Waals surface area contributed by atoms with E-state index in [-0.39, 0.29) is 5.97 Å². The Morgan fingerprint density at radius 3 is 2.36 bits per heavy atom. The molecule has 0 spiro atoms. The number of nitrogens with zero attached hydrogens (tertiary/aromatic N) is 1. The maximum atomic E-state index is 13.1. The van der Waals surface area contributed by atoms with Crippen molar-refractivity contribution in [3.05, 3.63) is 29.8 Å². The standard InChI is InChI=1S/C25H34N2O6/c1-5-19-20(22(28)31-15-16-9-7-6-8-10-16)21(27-23(29)26-19)17-11-13-18(14-12-17)32-24(30)33-25(2,3)4/h11-14,16,20-21H,5-10,15H2,1-4H3,(H,27,29). The van der Waals surface area contributed by atoms with Gasteiger partial charge in [-0.1, -0.05) is 38.3 Å². The summed E-state index contributed by atoms with van der Waals surface area (Å²) in [7, 11) is 0. The molecule has 0 bridgehead atoms. The third-order valence-electron chi connectivity index (χ3n) is 5.85. The first-order valence-corrected chi connectivity index (χ1v) is 11.7. The molecule has 1 aliphatic carbocycles. The number of hydrogen-bond acceptors (Lipinski definition) is 6. The third-order valence-corrected chi connectivity index (χ3v) is 5.85. The summed E-state index contributed by atoms with van der Waals surface area (Å²) >= 11 is 0. The molecule has 8 nitrogen and oxygen atoms in total. The van der Waals surface area contributed by atoms with Gasteiger partial charge in [0.2, 0.25) is 0 Å². The van der Waals surface area contributed by atoms with E-state index < -0.39 is 29.7 Å². The van der Waals surface area contributed by atoms with Gasteiger partial charge in [0.15, 0.2) is 0 Å². The molecule has 0 radical (unpaired) electrons. The zero-order valence-electron chi connectivity index (χ0n) is 19.9. The quantitative estimate of drug-likeness (QED) is 0.455. The molecule has 1 aliphatic heterocycles. The van der Waals surface area contributed by atoms with Gasteiger partial charge >= 0.3 is 18.2 Å². The molecular weight excluding hydrogens is 424 g/mol. The molecule has 180 valence electrons. The molecule has 1 aromatic rings. The number of esters is 1. The predicted molar refractivity (Wildman–Crippen MR) is 123 cm³/mol. The Bertz CT molecular complexity index is 881. The topological polar surface area (TPSA) is 103 Å². The minimum Gasteiger partial charge on any atom is -0.465 e. The van der Waals surface area contributed by atoms with Crippen molar-refractivity contribution in [2.24, 2.45) is 16.8 Å². The van der Waals surface area contributed by atoms with Crippen LogP contribution < -0.4 is 10.1 Å². The molecule has 2 atom stereocenters. The van der Waals surface area contributed by atoms with Crippen LogP contribution in [0.25, 0.3) is 0 Å². The number of rotatable bonds is 6. The molecule has 0 saturated heterocycles. The van der Waals surface area contributed by atoms with E-state index in [9.17, 15) is 14.4 Å². The predicted octanol–water partition coefficient (Wildman–Crippen LogP) is 5.36. The van der Waals surface area contributed by atoms with Gasteiger partial charge in [0.1, 0.15) is 17.3 Å². The minimum absolute atomic E-state index is 0.302. The van der Waals surface area contributed by atoms with Gasteiger partial charge in [0.25, 0.3) is 0 Å². The molecule has 2 amide bonds. The number of aliphatic imine (C=N–C) groups is 1. The Morgan fingerprint density at radius 1 is 1.09 bits per heavy atom. The maximum absolute atomic E-state index is 13.1. The molecule has 8 heteroatoms. The van der Waals surface area contributed by atoms with Gasteiger partial charge in [0, 0.05) is 5.71 Å². The van der Waals surface area contributed by atoms with Gasteiger partial charge < -0.3 is 19.5 Å². The fourth-order valence-electron chi connectivity index (χ4n) is 4.24. The number of nitrogens with one attached hydrogen (secondary N) is 1. The molecular formula is C25H34N2O6. The lowest BCUT2D eigenvalue weighted by molar-refractivity contribution is -0.148. The van der Waals surface area contributed by atoms with Gasteiger partial charge in [-0.05, 0) is 63.6 Å². The molecule has 1 heterocycles. The number of carbonyl (C=O) groups excluding carboxylic acids is 3. The summed E-state index contributed by atoms with van der Waals surface area (Å²) in [5.74, 6) is -0.379. The van der Waals surface area contributed by atoms with E-state index in [0.29, 0.717) is 36.0 Å². The van der Waals surface area contributed by atoms with E-state index >= 15 is 0 Å². The number of ether oxygens (including phenoxy) is 3. The molecule has 2 unspecified atom stereocenters. The number of amides is 2. The normalized spacial score (nSPS) is 21.6. The molecule has 2 aliphatic rings. The van der Waals surface area contributed by atoms with Crippen molar-refractivity contribution in [1.29, 1.82) is 0 Å². The van der Waals surface area contributed by atoms with Crippen LogP contribution in [-0.4, -0.2) is 36.1 Å². The van der Waals surface area contributed by atoms with Gasteiger partial charge in [-0.3, -0.25) is 4.79 Å². The summed E-state index contributed by atoms with van der Waals surface area (Å²) in [6, 6.07) is 5.54. The molecule has 1 aromatic carbocycles. The average Bonchev–Trinajstić information content (AvgIpc) is 2.76. The van der Waals surface area contributed by atoms with E-state index in [1.54, 1.807) is 45.0 Å². The molecule has 0 aromatic heterocycles. The average molecular weight is 459 g/mol. The summed E-state index contributed by atoms with van der Waals surface area (Å²) in [6.07, 6.45) is 5.39. The first-order valence-electron chi connectivity index (χ1n) is 11.7. The van der Waals surface area contributed by atoms with E-state index in [0.717, 1.165) is 12.8 Å². The molecule has 1 N–H and O–H groups in total. The minimum atomic E-state index is -0.800. The van der Waals surface area contributed by atoms with Crippen molar-refractivity contribution in [1.82, 2.24) is 5.32 Å². The molecule has 1 fully saturated rings. The summed E-state index contributed by atoms with van der Waals surface area (Å²) in [6.45, 7) is 7.53. The second-order valence-electron chi connectivity index (χ2n) is 9.63.